The number of carboxylic acid groups (broad SMARTS) is 1. The quantitative estimate of drug-likeness (QED) is 0.938. The Labute approximate surface area is 140 Å². The summed E-state index contributed by atoms with van der Waals surface area (Å²) in [6.45, 7) is 0.828. The summed E-state index contributed by atoms with van der Waals surface area (Å²) in [5, 5.41) is 8.92. The van der Waals surface area contributed by atoms with Gasteiger partial charge in [0.1, 0.15) is 12.4 Å². The largest absolute Gasteiger partial charge is 0.492 e. The van der Waals surface area contributed by atoms with Gasteiger partial charge in [-0.05, 0) is 35.7 Å². The minimum Gasteiger partial charge on any atom is -0.492 e. The third-order valence-corrected chi connectivity index (χ3v) is 4.23. The lowest BCUT2D eigenvalue weighted by Crippen LogP contribution is -2.38. The monoisotopic (exact) mass is 325 g/mol. The van der Waals surface area contributed by atoms with Gasteiger partial charge in [0.15, 0.2) is 0 Å². The molecule has 0 aromatic heterocycles. The van der Waals surface area contributed by atoms with E-state index in [1.54, 1.807) is 36.2 Å². The maximum absolute atomic E-state index is 12.6. The van der Waals surface area contributed by atoms with Crippen molar-refractivity contribution in [3.8, 4) is 5.75 Å². The van der Waals surface area contributed by atoms with Gasteiger partial charge in [-0.25, -0.2) is 4.79 Å². The van der Waals surface area contributed by atoms with Gasteiger partial charge in [-0.2, -0.15) is 0 Å². The summed E-state index contributed by atoms with van der Waals surface area (Å²) in [6, 6.07) is 14.4. The highest BCUT2D eigenvalue weighted by Crippen LogP contribution is 2.27. The standard InChI is InChI=1S/C19H19NO4/c1-20(11-13-6-8-14(9-7-13)19(22)23)18(21)16-10-15-4-2-3-5-17(15)24-12-16/h2-9,16H,10-12H2,1H3,(H,22,23)/t16-/m1/s1. The second kappa shape index (κ2) is 6.74. The van der Waals surface area contributed by atoms with Gasteiger partial charge in [0.25, 0.3) is 0 Å². The molecule has 0 unspecified atom stereocenters. The Balaban J connectivity index is 1.64. The minimum absolute atomic E-state index is 0.0341. The van der Waals surface area contributed by atoms with Crippen LogP contribution in [0, 0.1) is 5.92 Å². The molecule has 0 spiro atoms. The molecule has 0 fully saturated rings. The first-order valence-electron chi connectivity index (χ1n) is 7.82. The molecule has 0 saturated heterocycles. The fourth-order valence-electron chi connectivity index (χ4n) is 2.90. The van der Waals surface area contributed by atoms with Crippen molar-refractivity contribution in [1.29, 1.82) is 0 Å². The van der Waals surface area contributed by atoms with Crippen LogP contribution in [0.4, 0.5) is 0 Å². The number of hydrogen-bond acceptors (Lipinski definition) is 3. The van der Waals surface area contributed by atoms with E-state index in [0.717, 1.165) is 16.9 Å². The van der Waals surface area contributed by atoms with Crippen LogP contribution in [-0.4, -0.2) is 35.5 Å². The van der Waals surface area contributed by atoms with Crippen LogP contribution in [0.1, 0.15) is 21.5 Å². The Hall–Kier alpha value is -2.82. The van der Waals surface area contributed by atoms with Crippen LogP contribution in [0.5, 0.6) is 5.75 Å². The summed E-state index contributed by atoms with van der Waals surface area (Å²) < 4.78 is 5.69. The first kappa shape index (κ1) is 16.1. The molecule has 1 amide bonds. The summed E-state index contributed by atoms with van der Waals surface area (Å²) >= 11 is 0. The molecule has 1 aliphatic rings. The second-order valence-corrected chi connectivity index (χ2v) is 6.02. The molecule has 2 aromatic carbocycles. The van der Waals surface area contributed by atoms with Crippen molar-refractivity contribution >= 4 is 11.9 Å². The Kier molecular flexibility index (Phi) is 4.51. The Morgan fingerprint density at radius 2 is 1.88 bits per heavy atom. The predicted octanol–water partition coefficient (Wildman–Crippen LogP) is 2.59. The van der Waals surface area contributed by atoms with Gasteiger partial charge in [-0.15, -0.1) is 0 Å². The number of ether oxygens (including phenoxy) is 1. The highest BCUT2D eigenvalue weighted by atomic mass is 16.5. The molecule has 1 heterocycles. The molecule has 5 heteroatoms. The zero-order valence-corrected chi connectivity index (χ0v) is 13.4. The van der Waals surface area contributed by atoms with Crippen LogP contribution in [0.15, 0.2) is 48.5 Å². The smallest absolute Gasteiger partial charge is 0.335 e. The molecule has 124 valence electrons. The first-order valence-corrected chi connectivity index (χ1v) is 7.82. The van der Waals surface area contributed by atoms with E-state index in [-0.39, 0.29) is 17.4 Å². The molecule has 0 bridgehead atoms. The lowest BCUT2D eigenvalue weighted by Gasteiger charge is -2.28. The molecular formula is C19H19NO4. The highest BCUT2D eigenvalue weighted by molar-refractivity contribution is 5.87. The number of benzene rings is 2. The third-order valence-electron chi connectivity index (χ3n) is 4.23. The molecule has 0 aliphatic carbocycles. The number of carboxylic acids is 1. The normalized spacial score (nSPS) is 16.0. The van der Waals surface area contributed by atoms with E-state index in [1.807, 2.05) is 24.3 Å². The fourth-order valence-corrected chi connectivity index (χ4v) is 2.90. The summed E-state index contributed by atoms with van der Waals surface area (Å²) in [4.78, 5) is 25.2. The van der Waals surface area contributed by atoms with Crippen molar-refractivity contribution in [2.24, 2.45) is 5.92 Å². The molecule has 5 nitrogen and oxygen atoms in total. The summed E-state index contributed by atoms with van der Waals surface area (Å²) in [6.07, 6.45) is 0.678. The number of para-hydroxylation sites is 1. The van der Waals surface area contributed by atoms with Gasteiger partial charge in [-0.1, -0.05) is 30.3 Å². The van der Waals surface area contributed by atoms with E-state index in [9.17, 15) is 9.59 Å². The average Bonchev–Trinajstić information content (AvgIpc) is 2.61. The average molecular weight is 325 g/mol. The topological polar surface area (TPSA) is 66.8 Å². The zero-order valence-electron chi connectivity index (χ0n) is 13.4. The SMILES string of the molecule is CN(Cc1ccc(C(=O)O)cc1)C(=O)[C@H]1COc2ccccc2C1. The van der Waals surface area contributed by atoms with Crippen LogP contribution in [0.2, 0.25) is 0 Å². The van der Waals surface area contributed by atoms with Crippen LogP contribution < -0.4 is 4.74 Å². The van der Waals surface area contributed by atoms with Crippen LogP contribution in [0.25, 0.3) is 0 Å². The maximum Gasteiger partial charge on any atom is 0.335 e. The molecule has 0 saturated carbocycles. The molecule has 0 radical (unpaired) electrons. The van der Waals surface area contributed by atoms with Crippen molar-refractivity contribution in [3.63, 3.8) is 0 Å². The first-order chi connectivity index (χ1) is 11.5. The minimum atomic E-state index is -0.955. The van der Waals surface area contributed by atoms with E-state index < -0.39 is 5.97 Å². The lowest BCUT2D eigenvalue weighted by atomic mass is 9.95. The van der Waals surface area contributed by atoms with Gasteiger partial charge < -0.3 is 14.7 Å². The van der Waals surface area contributed by atoms with E-state index in [4.69, 9.17) is 9.84 Å². The van der Waals surface area contributed by atoms with E-state index in [1.165, 1.54) is 0 Å². The molecule has 3 rings (SSSR count). The van der Waals surface area contributed by atoms with Gasteiger partial charge in [0.05, 0.1) is 11.5 Å². The van der Waals surface area contributed by atoms with Gasteiger partial charge in [0, 0.05) is 13.6 Å². The summed E-state index contributed by atoms with van der Waals surface area (Å²) in [5.74, 6) is -0.257. The Bertz CT molecular complexity index is 754. The molecular weight excluding hydrogens is 306 g/mol. The number of fused-ring (bicyclic) bond motifs is 1. The van der Waals surface area contributed by atoms with Crippen LogP contribution >= 0.6 is 0 Å². The van der Waals surface area contributed by atoms with E-state index in [2.05, 4.69) is 0 Å². The molecule has 1 N–H and O–H groups in total. The van der Waals surface area contributed by atoms with Crippen LogP contribution in [-0.2, 0) is 17.8 Å². The zero-order chi connectivity index (χ0) is 17.1. The van der Waals surface area contributed by atoms with Gasteiger partial charge in [-0.3, -0.25) is 4.79 Å². The van der Waals surface area contributed by atoms with Crippen molar-refractivity contribution in [3.05, 3.63) is 65.2 Å². The highest BCUT2D eigenvalue weighted by Gasteiger charge is 2.28. The lowest BCUT2D eigenvalue weighted by molar-refractivity contribution is -0.136. The Morgan fingerprint density at radius 1 is 1.17 bits per heavy atom. The number of hydrogen-bond donors (Lipinski definition) is 1. The summed E-state index contributed by atoms with van der Waals surface area (Å²) in [5.41, 5.74) is 2.19. The molecule has 2 aromatic rings. The van der Waals surface area contributed by atoms with Crippen molar-refractivity contribution in [2.45, 2.75) is 13.0 Å². The third kappa shape index (κ3) is 3.40. The maximum atomic E-state index is 12.6. The van der Waals surface area contributed by atoms with Gasteiger partial charge in [0.2, 0.25) is 5.91 Å². The van der Waals surface area contributed by atoms with Crippen LogP contribution in [0.3, 0.4) is 0 Å². The number of carbonyl (C=O) groups is 2. The van der Waals surface area contributed by atoms with Crippen molar-refractivity contribution in [2.75, 3.05) is 13.7 Å². The van der Waals surface area contributed by atoms with E-state index >= 15 is 0 Å². The molecule has 1 atom stereocenters. The number of nitrogens with zero attached hydrogens (tertiary/aromatic N) is 1. The number of rotatable bonds is 4. The van der Waals surface area contributed by atoms with Crippen molar-refractivity contribution < 1.29 is 19.4 Å². The van der Waals surface area contributed by atoms with Gasteiger partial charge >= 0.3 is 5.97 Å². The number of carbonyl (C=O) groups excluding carboxylic acids is 1. The van der Waals surface area contributed by atoms with Crippen molar-refractivity contribution in [1.82, 2.24) is 4.90 Å². The molecule has 24 heavy (non-hydrogen) atoms. The number of aromatic carboxylic acids is 1. The second-order valence-electron chi connectivity index (χ2n) is 6.02. The molecule has 1 aliphatic heterocycles. The summed E-state index contributed by atoms with van der Waals surface area (Å²) in [7, 11) is 1.76. The predicted molar refractivity (Wildman–Crippen MR) is 89.0 cm³/mol. The fraction of sp³-hybridized carbons (Fsp3) is 0.263. The van der Waals surface area contributed by atoms with E-state index in [0.29, 0.717) is 19.6 Å². The Morgan fingerprint density at radius 3 is 2.58 bits per heavy atom. The number of amides is 1.